The largest absolute Gasteiger partial charge is 0.476 e. The number of carbonyl (C=O) groups is 1. The zero-order chi connectivity index (χ0) is 9.30. The lowest BCUT2D eigenvalue weighted by molar-refractivity contribution is 0.0684. The quantitative estimate of drug-likeness (QED) is 0.830. The van der Waals surface area contributed by atoms with Crippen molar-refractivity contribution in [2.45, 2.75) is 13.3 Å². The van der Waals surface area contributed by atoms with E-state index in [0.717, 1.165) is 15.7 Å². The molecule has 0 aliphatic rings. The third kappa shape index (κ3) is 1.45. The number of nitrogens with zero attached hydrogens (tertiary/aromatic N) is 2. The van der Waals surface area contributed by atoms with Crippen molar-refractivity contribution in [1.29, 1.82) is 0 Å². The second kappa shape index (κ2) is 3.42. The van der Waals surface area contributed by atoms with Gasteiger partial charge in [0, 0.05) is 7.05 Å². The van der Waals surface area contributed by atoms with Gasteiger partial charge in [0.05, 0.1) is 9.26 Å². The van der Waals surface area contributed by atoms with Crippen LogP contribution in [-0.2, 0) is 13.5 Å². The Hall–Kier alpha value is -0.590. The number of hydrogen-bond donors (Lipinski definition) is 1. The number of halogens is 1. The van der Waals surface area contributed by atoms with E-state index in [1.807, 2.05) is 29.5 Å². The average Bonchev–Trinajstić information content (AvgIpc) is 2.25. The van der Waals surface area contributed by atoms with Crippen molar-refractivity contribution >= 4 is 28.6 Å². The fourth-order valence-electron chi connectivity index (χ4n) is 1.01. The van der Waals surface area contributed by atoms with Crippen molar-refractivity contribution in [3.8, 4) is 0 Å². The van der Waals surface area contributed by atoms with Crippen molar-refractivity contribution in [2.75, 3.05) is 0 Å². The Morgan fingerprint density at radius 3 is 2.58 bits per heavy atom. The van der Waals surface area contributed by atoms with Gasteiger partial charge in [0.2, 0.25) is 0 Å². The van der Waals surface area contributed by atoms with E-state index in [-0.39, 0.29) is 5.69 Å². The lowest BCUT2D eigenvalue weighted by Crippen LogP contribution is -2.06. The minimum Gasteiger partial charge on any atom is -0.476 e. The van der Waals surface area contributed by atoms with E-state index in [9.17, 15) is 4.79 Å². The van der Waals surface area contributed by atoms with Crippen LogP contribution in [0.25, 0.3) is 0 Å². The summed E-state index contributed by atoms with van der Waals surface area (Å²) in [6.07, 6.45) is 0.763. The number of aromatic nitrogens is 2. The first-order valence-corrected chi connectivity index (χ1v) is 4.60. The first kappa shape index (κ1) is 9.50. The van der Waals surface area contributed by atoms with Gasteiger partial charge in [0.15, 0.2) is 5.69 Å². The summed E-state index contributed by atoms with van der Waals surface area (Å²) < 4.78 is 2.15. The highest BCUT2D eigenvalue weighted by atomic mass is 127. The Kier molecular flexibility index (Phi) is 2.71. The third-order valence-electron chi connectivity index (χ3n) is 1.59. The molecule has 0 spiro atoms. The van der Waals surface area contributed by atoms with Gasteiger partial charge in [0.1, 0.15) is 0 Å². The molecule has 0 aliphatic heterocycles. The third-order valence-corrected chi connectivity index (χ3v) is 2.73. The minimum absolute atomic E-state index is 0.271. The summed E-state index contributed by atoms with van der Waals surface area (Å²) in [4.78, 5) is 10.7. The molecule has 0 atom stereocenters. The molecule has 1 aromatic rings. The van der Waals surface area contributed by atoms with Crippen molar-refractivity contribution in [1.82, 2.24) is 9.78 Å². The monoisotopic (exact) mass is 280 g/mol. The molecular formula is C7H9IN2O2. The molecule has 4 nitrogen and oxygen atoms in total. The van der Waals surface area contributed by atoms with E-state index < -0.39 is 5.97 Å². The SMILES string of the molecule is CCc1nn(C)c(C(=O)O)c1I. The molecule has 0 aromatic carbocycles. The van der Waals surface area contributed by atoms with Crippen LogP contribution < -0.4 is 0 Å². The summed E-state index contributed by atoms with van der Waals surface area (Å²) in [6.45, 7) is 1.95. The number of hydrogen-bond acceptors (Lipinski definition) is 2. The predicted octanol–water partition coefficient (Wildman–Crippen LogP) is 1.29. The summed E-state index contributed by atoms with van der Waals surface area (Å²) in [7, 11) is 1.64. The molecule has 0 unspecified atom stereocenters. The molecule has 1 N–H and O–H groups in total. The summed E-state index contributed by atoms with van der Waals surface area (Å²) >= 11 is 2.01. The highest BCUT2D eigenvalue weighted by Crippen LogP contribution is 2.16. The number of aromatic carboxylic acids is 1. The zero-order valence-corrected chi connectivity index (χ0v) is 8.99. The molecule has 0 bridgehead atoms. The molecule has 5 heteroatoms. The topological polar surface area (TPSA) is 55.1 Å². The molecule has 0 radical (unpaired) electrons. The Bertz CT molecular complexity index is 319. The van der Waals surface area contributed by atoms with Gasteiger partial charge in [-0.05, 0) is 29.0 Å². The van der Waals surface area contributed by atoms with Crippen molar-refractivity contribution in [3.63, 3.8) is 0 Å². The van der Waals surface area contributed by atoms with Gasteiger partial charge in [-0.15, -0.1) is 0 Å². The Labute approximate surface area is 83.7 Å². The van der Waals surface area contributed by atoms with Crippen LogP contribution in [-0.4, -0.2) is 20.9 Å². The van der Waals surface area contributed by atoms with Gasteiger partial charge >= 0.3 is 5.97 Å². The van der Waals surface area contributed by atoms with Crippen molar-refractivity contribution in [3.05, 3.63) is 15.0 Å². The van der Waals surface area contributed by atoms with Gasteiger partial charge in [-0.2, -0.15) is 5.10 Å². The minimum atomic E-state index is -0.922. The fraction of sp³-hybridized carbons (Fsp3) is 0.429. The average molecular weight is 280 g/mol. The maximum Gasteiger partial charge on any atom is 0.355 e. The summed E-state index contributed by atoms with van der Waals surface area (Å²) in [5.41, 5.74) is 1.11. The van der Waals surface area contributed by atoms with Crippen LogP contribution in [0, 0.1) is 3.57 Å². The maximum atomic E-state index is 10.7. The fourth-order valence-corrected chi connectivity index (χ4v) is 2.08. The summed E-state index contributed by atoms with van der Waals surface area (Å²) in [6, 6.07) is 0. The summed E-state index contributed by atoms with van der Waals surface area (Å²) in [5, 5.41) is 12.9. The molecule has 0 aliphatic carbocycles. The zero-order valence-electron chi connectivity index (χ0n) is 6.83. The number of rotatable bonds is 2. The molecule has 66 valence electrons. The molecule has 1 rings (SSSR count). The van der Waals surface area contributed by atoms with Crippen LogP contribution in [0.3, 0.4) is 0 Å². The van der Waals surface area contributed by atoms with Crippen molar-refractivity contribution < 1.29 is 9.90 Å². The normalized spacial score (nSPS) is 10.2. The molecule has 1 heterocycles. The highest BCUT2D eigenvalue weighted by Gasteiger charge is 2.17. The van der Waals surface area contributed by atoms with E-state index >= 15 is 0 Å². The number of carboxylic acid groups (broad SMARTS) is 1. The number of carboxylic acids is 1. The molecule has 1 aromatic heterocycles. The Morgan fingerprint density at radius 1 is 1.75 bits per heavy atom. The van der Waals surface area contributed by atoms with E-state index in [4.69, 9.17) is 5.11 Å². The molecule has 12 heavy (non-hydrogen) atoms. The lowest BCUT2D eigenvalue weighted by atomic mass is 10.3. The van der Waals surface area contributed by atoms with E-state index in [1.54, 1.807) is 7.05 Å². The smallest absolute Gasteiger partial charge is 0.355 e. The molecule has 0 saturated carbocycles. The van der Waals surface area contributed by atoms with Crippen LogP contribution >= 0.6 is 22.6 Å². The molecular weight excluding hydrogens is 271 g/mol. The second-order valence-electron chi connectivity index (χ2n) is 2.39. The van der Waals surface area contributed by atoms with E-state index in [1.165, 1.54) is 4.68 Å². The molecule has 0 saturated heterocycles. The van der Waals surface area contributed by atoms with Crippen molar-refractivity contribution in [2.24, 2.45) is 7.05 Å². The van der Waals surface area contributed by atoms with E-state index in [2.05, 4.69) is 5.10 Å². The van der Waals surface area contributed by atoms with Gasteiger partial charge in [0.25, 0.3) is 0 Å². The van der Waals surface area contributed by atoms with Crippen LogP contribution in [0.15, 0.2) is 0 Å². The lowest BCUT2D eigenvalue weighted by Gasteiger charge is -1.93. The van der Waals surface area contributed by atoms with Gasteiger partial charge < -0.3 is 5.11 Å². The Morgan fingerprint density at radius 2 is 2.33 bits per heavy atom. The van der Waals surface area contributed by atoms with Crippen LogP contribution in [0.1, 0.15) is 23.1 Å². The highest BCUT2D eigenvalue weighted by molar-refractivity contribution is 14.1. The van der Waals surface area contributed by atoms with Crippen LogP contribution in [0.2, 0.25) is 0 Å². The van der Waals surface area contributed by atoms with Crippen LogP contribution in [0.4, 0.5) is 0 Å². The molecule has 0 fully saturated rings. The van der Waals surface area contributed by atoms with Crippen LogP contribution in [0.5, 0.6) is 0 Å². The number of aryl methyl sites for hydroxylation is 2. The first-order valence-electron chi connectivity index (χ1n) is 3.52. The van der Waals surface area contributed by atoms with Gasteiger partial charge in [-0.3, -0.25) is 4.68 Å². The first-order chi connectivity index (χ1) is 5.57. The molecule has 0 amide bonds. The van der Waals surface area contributed by atoms with E-state index in [0.29, 0.717) is 0 Å². The standard InChI is InChI=1S/C7H9IN2O2/c1-3-4-5(8)6(7(11)12)10(2)9-4/h3H2,1-2H3,(H,11,12). The van der Waals surface area contributed by atoms with Gasteiger partial charge in [-0.25, -0.2) is 4.79 Å². The summed E-state index contributed by atoms with van der Waals surface area (Å²) in [5.74, 6) is -0.922. The predicted molar refractivity (Wildman–Crippen MR) is 52.3 cm³/mol. The second-order valence-corrected chi connectivity index (χ2v) is 3.47. The maximum absolute atomic E-state index is 10.7. The Balaban J connectivity index is 3.28. The van der Waals surface area contributed by atoms with Gasteiger partial charge in [-0.1, -0.05) is 6.92 Å².